The first-order chi connectivity index (χ1) is 10.8. The van der Waals surface area contributed by atoms with Crippen LogP contribution in [0, 0.1) is 23.4 Å². The van der Waals surface area contributed by atoms with Gasteiger partial charge >= 0.3 is 0 Å². The van der Waals surface area contributed by atoms with Crippen LogP contribution in [0.4, 0.5) is 5.69 Å². The molecule has 1 atom stereocenters. The molecular formula is C21H33N3Y-2. The molecule has 25 heavy (non-hydrogen) atoms. The molecule has 0 saturated carbocycles. The summed E-state index contributed by atoms with van der Waals surface area (Å²) in [6.07, 6.45) is 7.67. The molecule has 137 valence electrons. The van der Waals surface area contributed by atoms with E-state index in [0.29, 0.717) is 0 Å². The molecule has 0 saturated heterocycles. The van der Waals surface area contributed by atoms with Crippen molar-refractivity contribution < 1.29 is 32.7 Å². The van der Waals surface area contributed by atoms with Gasteiger partial charge in [0.05, 0.1) is 0 Å². The Labute approximate surface area is 179 Å². The molecular weight excluding hydrogens is 383 g/mol. The third kappa shape index (κ3) is 6.06. The maximum absolute atomic E-state index is 4.51. The fourth-order valence-corrected chi connectivity index (χ4v) is 2.80. The first kappa shape index (κ1) is 22.6. The van der Waals surface area contributed by atoms with Gasteiger partial charge in [-0.15, -0.1) is 0 Å². The van der Waals surface area contributed by atoms with E-state index in [4.69, 9.17) is 0 Å². The van der Waals surface area contributed by atoms with Crippen LogP contribution < -0.4 is 5.32 Å². The maximum atomic E-state index is 4.51. The summed E-state index contributed by atoms with van der Waals surface area (Å²) >= 11 is 0. The van der Waals surface area contributed by atoms with Crippen molar-refractivity contribution in [1.29, 1.82) is 0 Å². The van der Waals surface area contributed by atoms with Crippen LogP contribution in [0.2, 0.25) is 0 Å². The minimum Gasteiger partial charge on any atom is -0.430 e. The molecule has 1 unspecified atom stereocenters. The van der Waals surface area contributed by atoms with Gasteiger partial charge in [-0.2, -0.15) is 5.41 Å². The summed E-state index contributed by atoms with van der Waals surface area (Å²) in [6.45, 7) is 20.2. The average molecular weight is 416 g/mol. The molecule has 0 fully saturated rings. The van der Waals surface area contributed by atoms with Crippen molar-refractivity contribution in [3.63, 3.8) is 0 Å². The number of nitrogens with one attached hydrogen (secondary N) is 1. The van der Waals surface area contributed by atoms with Gasteiger partial charge in [-0.25, -0.2) is 0 Å². The number of rotatable bonds is 3. The Morgan fingerprint density at radius 2 is 1.64 bits per heavy atom. The molecule has 2 heterocycles. The zero-order valence-electron chi connectivity index (χ0n) is 17.4. The van der Waals surface area contributed by atoms with E-state index >= 15 is 0 Å². The summed E-state index contributed by atoms with van der Waals surface area (Å²) < 4.78 is 2.18. The van der Waals surface area contributed by atoms with Gasteiger partial charge in [0.15, 0.2) is 0 Å². The van der Waals surface area contributed by atoms with Crippen molar-refractivity contribution in [1.82, 2.24) is 9.38 Å². The molecule has 0 aliphatic heterocycles. The molecule has 1 radical (unpaired) electrons. The topological polar surface area (TPSA) is 29.3 Å². The molecule has 4 heteroatoms. The van der Waals surface area contributed by atoms with Gasteiger partial charge in [0.25, 0.3) is 0 Å². The van der Waals surface area contributed by atoms with E-state index in [-0.39, 0.29) is 55.0 Å². The molecule has 0 aromatic carbocycles. The van der Waals surface area contributed by atoms with Gasteiger partial charge in [0.2, 0.25) is 0 Å². The van der Waals surface area contributed by atoms with Gasteiger partial charge in [-0.1, -0.05) is 92.9 Å². The Bertz CT molecular complexity index is 696. The van der Waals surface area contributed by atoms with Crippen LogP contribution >= 0.6 is 0 Å². The predicted molar refractivity (Wildman–Crippen MR) is 103 cm³/mol. The summed E-state index contributed by atoms with van der Waals surface area (Å²) in [4.78, 5) is 4.51. The third-order valence-corrected chi connectivity index (χ3v) is 4.12. The van der Waals surface area contributed by atoms with Crippen molar-refractivity contribution in [2.75, 3.05) is 5.32 Å². The van der Waals surface area contributed by atoms with Crippen molar-refractivity contribution in [3.05, 3.63) is 36.6 Å². The second kappa shape index (κ2) is 7.68. The normalized spacial score (nSPS) is 14.3. The monoisotopic (exact) mass is 416 g/mol. The second-order valence-electron chi connectivity index (χ2n) is 9.98. The van der Waals surface area contributed by atoms with Crippen molar-refractivity contribution in [3.8, 4) is 0 Å². The quantitative estimate of drug-likeness (QED) is 0.669. The summed E-state index contributed by atoms with van der Waals surface area (Å²) in [7, 11) is 0. The summed E-state index contributed by atoms with van der Waals surface area (Å²) in [5.74, 6) is 0. The Kier molecular flexibility index (Phi) is 6.96. The molecule has 2 aromatic heterocycles. The summed E-state index contributed by atoms with van der Waals surface area (Å²) in [5, 5.41) is 3.64. The maximum Gasteiger partial charge on any atom is 0.0235 e. The van der Waals surface area contributed by atoms with Gasteiger partial charge in [0.1, 0.15) is 0 Å². The van der Waals surface area contributed by atoms with Crippen LogP contribution in [0.5, 0.6) is 0 Å². The fraction of sp³-hybridized carbons (Fsp3) is 0.619. The largest absolute Gasteiger partial charge is 0.430 e. The Balaban J connectivity index is 0.00000312. The standard InChI is InChI=1S/C21H33N3.Y/c1-19(2,3)12-16(20(4,5)6)23-15-13-22-18-11-10-17(21(7,8)9)24(18)14-15;/h10-12,14,16,23H,1-9H3;/q-2;. The van der Waals surface area contributed by atoms with Gasteiger partial charge in [-0.3, -0.25) is 0 Å². The van der Waals surface area contributed by atoms with Crippen molar-refractivity contribution in [2.24, 2.45) is 10.8 Å². The van der Waals surface area contributed by atoms with E-state index in [1.165, 1.54) is 5.69 Å². The Hall–Kier alpha value is -0.406. The number of hydrogen-bond acceptors (Lipinski definition) is 2. The fourth-order valence-electron chi connectivity index (χ4n) is 2.80. The van der Waals surface area contributed by atoms with Crippen LogP contribution in [-0.2, 0) is 38.1 Å². The summed E-state index contributed by atoms with van der Waals surface area (Å²) in [6, 6.07) is 4.45. The second-order valence-corrected chi connectivity index (χ2v) is 9.98. The SMILES string of the molecule is CC(C)(C)[CH-]C(Nc1[c-]nc2ccc(C(C)(C)C)n2c1)C(C)(C)C.[Y]. The molecule has 0 aliphatic carbocycles. The van der Waals surface area contributed by atoms with Crippen LogP contribution in [0.3, 0.4) is 0 Å². The summed E-state index contributed by atoms with van der Waals surface area (Å²) in [5.41, 5.74) is 3.47. The molecule has 1 N–H and O–H groups in total. The van der Waals surface area contributed by atoms with Crippen LogP contribution in [0.1, 0.15) is 68.0 Å². The average Bonchev–Trinajstić information content (AvgIpc) is 2.78. The molecule has 0 bridgehead atoms. The van der Waals surface area contributed by atoms with E-state index in [0.717, 1.165) is 11.3 Å². The number of nitrogens with zero attached hydrogens (tertiary/aromatic N) is 2. The predicted octanol–water partition coefficient (Wildman–Crippen LogP) is 5.51. The minimum absolute atomic E-state index is 0. The zero-order chi connectivity index (χ0) is 18.3. The molecule has 2 aromatic rings. The molecule has 2 rings (SSSR count). The zero-order valence-corrected chi connectivity index (χ0v) is 20.2. The number of fused-ring (bicyclic) bond motifs is 1. The van der Waals surface area contributed by atoms with E-state index < -0.39 is 0 Å². The minimum atomic E-state index is 0. The first-order valence-corrected chi connectivity index (χ1v) is 8.80. The van der Waals surface area contributed by atoms with E-state index in [2.05, 4.69) is 108 Å². The number of aromatic nitrogens is 2. The van der Waals surface area contributed by atoms with Gasteiger partial charge in [0, 0.05) is 49.5 Å². The third-order valence-electron chi connectivity index (χ3n) is 4.12. The smallest absolute Gasteiger partial charge is 0.0235 e. The van der Waals surface area contributed by atoms with E-state index in [1.807, 2.05) is 0 Å². The molecule has 0 aliphatic rings. The number of anilines is 1. The molecule has 0 spiro atoms. The Morgan fingerprint density at radius 1 is 1.04 bits per heavy atom. The van der Waals surface area contributed by atoms with Crippen LogP contribution in [-0.4, -0.2) is 15.4 Å². The molecule has 3 nitrogen and oxygen atoms in total. The van der Waals surface area contributed by atoms with E-state index in [1.54, 1.807) is 0 Å². The van der Waals surface area contributed by atoms with Crippen LogP contribution in [0.25, 0.3) is 5.65 Å². The van der Waals surface area contributed by atoms with E-state index in [9.17, 15) is 0 Å². The van der Waals surface area contributed by atoms with Crippen molar-refractivity contribution >= 4 is 11.3 Å². The van der Waals surface area contributed by atoms with Gasteiger partial charge in [-0.05, 0) is 11.1 Å². The Morgan fingerprint density at radius 3 is 2.12 bits per heavy atom. The van der Waals surface area contributed by atoms with Crippen LogP contribution in [0.15, 0.2) is 18.3 Å². The van der Waals surface area contributed by atoms with Gasteiger partial charge < -0.3 is 21.1 Å². The van der Waals surface area contributed by atoms with Crippen molar-refractivity contribution in [2.45, 2.75) is 73.8 Å². The molecule has 0 amide bonds. The number of hydrogen-bond donors (Lipinski definition) is 1. The first-order valence-electron chi connectivity index (χ1n) is 8.80.